The van der Waals surface area contributed by atoms with Crippen LogP contribution in [0.2, 0.25) is 5.02 Å². The second-order valence-corrected chi connectivity index (χ2v) is 5.12. The fourth-order valence-corrected chi connectivity index (χ4v) is 2.30. The molecule has 1 rings (SSSR count). The van der Waals surface area contributed by atoms with Crippen molar-refractivity contribution in [3.8, 4) is 0 Å². The molecule has 0 aliphatic rings. The quantitative estimate of drug-likeness (QED) is 0.829. The van der Waals surface area contributed by atoms with E-state index in [0.29, 0.717) is 16.1 Å². The van der Waals surface area contributed by atoms with Gasteiger partial charge in [-0.3, -0.25) is 0 Å². The van der Waals surface area contributed by atoms with Gasteiger partial charge in [0.05, 0.1) is 5.02 Å². The third-order valence-corrected chi connectivity index (χ3v) is 3.53. The fraction of sp³-hybridized carbons (Fsp3) is 0.462. The van der Waals surface area contributed by atoms with E-state index in [-0.39, 0.29) is 0 Å². The monoisotopic (exact) mass is 270 g/mol. The van der Waals surface area contributed by atoms with Gasteiger partial charge in [-0.15, -0.1) is 0 Å². The molecule has 1 atom stereocenters. The van der Waals surface area contributed by atoms with Crippen LogP contribution in [0.15, 0.2) is 18.2 Å². The van der Waals surface area contributed by atoms with Crippen molar-refractivity contribution in [1.82, 2.24) is 0 Å². The van der Waals surface area contributed by atoms with Crippen LogP contribution in [-0.4, -0.2) is 18.1 Å². The molecule has 0 amide bonds. The standard InChI is InChI=1S/C13H19ClN2S/c1-4-5-9(2)16(3)10-6-7-11(13(15)17)12(14)8-10/h6-9H,4-5H2,1-3H3,(H2,15,17). The van der Waals surface area contributed by atoms with E-state index in [2.05, 4.69) is 25.8 Å². The van der Waals surface area contributed by atoms with E-state index in [0.717, 1.165) is 17.7 Å². The molecule has 0 spiro atoms. The van der Waals surface area contributed by atoms with Gasteiger partial charge in [0.15, 0.2) is 0 Å². The van der Waals surface area contributed by atoms with Gasteiger partial charge in [-0.1, -0.05) is 37.2 Å². The van der Waals surface area contributed by atoms with Crippen LogP contribution < -0.4 is 10.6 Å². The van der Waals surface area contributed by atoms with E-state index < -0.39 is 0 Å². The number of hydrogen-bond acceptors (Lipinski definition) is 2. The molecule has 1 aromatic carbocycles. The molecule has 4 heteroatoms. The van der Waals surface area contributed by atoms with E-state index in [4.69, 9.17) is 29.6 Å². The number of hydrogen-bond donors (Lipinski definition) is 1. The first-order valence-electron chi connectivity index (χ1n) is 5.79. The van der Waals surface area contributed by atoms with Crippen LogP contribution in [0.1, 0.15) is 32.3 Å². The van der Waals surface area contributed by atoms with Crippen molar-refractivity contribution >= 4 is 34.5 Å². The number of rotatable bonds is 5. The van der Waals surface area contributed by atoms with Gasteiger partial charge in [0, 0.05) is 24.3 Å². The van der Waals surface area contributed by atoms with Gasteiger partial charge in [0.25, 0.3) is 0 Å². The molecule has 1 unspecified atom stereocenters. The Bertz CT molecular complexity index is 406. The molecule has 0 aromatic heterocycles. The van der Waals surface area contributed by atoms with Gasteiger partial charge in [-0.05, 0) is 31.5 Å². The summed E-state index contributed by atoms with van der Waals surface area (Å²) >= 11 is 11.1. The van der Waals surface area contributed by atoms with Crippen molar-refractivity contribution in [1.29, 1.82) is 0 Å². The molecular formula is C13H19ClN2S. The van der Waals surface area contributed by atoms with Crippen molar-refractivity contribution in [2.24, 2.45) is 5.73 Å². The van der Waals surface area contributed by atoms with E-state index >= 15 is 0 Å². The second kappa shape index (κ2) is 6.22. The minimum atomic E-state index is 0.339. The largest absolute Gasteiger partial charge is 0.389 e. The molecule has 2 N–H and O–H groups in total. The molecule has 2 nitrogen and oxygen atoms in total. The fourth-order valence-electron chi connectivity index (χ4n) is 1.79. The van der Waals surface area contributed by atoms with Crippen LogP contribution in [0, 0.1) is 0 Å². The topological polar surface area (TPSA) is 29.3 Å². The van der Waals surface area contributed by atoms with Crippen LogP contribution in [0.25, 0.3) is 0 Å². The number of thiocarbonyl (C=S) groups is 1. The Kier molecular flexibility index (Phi) is 5.22. The zero-order chi connectivity index (χ0) is 13.0. The van der Waals surface area contributed by atoms with Crippen molar-refractivity contribution in [3.05, 3.63) is 28.8 Å². The number of halogens is 1. The summed E-state index contributed by atoms with van der Waals surface area (Å²) in [7, 11) is 2.08. The summed E-state index contributed by atoms with van der Waals surface area (Å²) in [5.74, 6) is 0. The highest BCUT2D eigenvalue weighted by Gasteiger charge is 2.11. The molecule has 0 aliphatic carbocycles. The average molecular weight is 271 g/mol. The zero-order valence-electron chi connectivity index (χ0n) is 10.5. The van der Waals surface area contributed by atoms with Gasteiger partial charge >= 0.3 is 0 Å². The van der Waals surface area contributed by atoms with Crippen molar-refractivity contribution < 1.29 is 0 Å². The second-order valence-electron chi connectivity index (χ2n) is 4.28. The van der Waals surface area contributed by atoms with Gasteiger partial charge in [0.1, 0.15) is 4.99 Å². The predicted molar refractivity (Wildman–Crippen MR) is 80.1 cm³/mol. The summed E-state index contributed by atoms with van der Waals surface area (Å²) in [5, 5.41) is 0.616. The Morgan fingerprint density at radius 2 is 2.18 bits per heavy atom. The molecule has 0 aliphatic heterocycles. The molecule has 0 fully saturated rings. The van der Waals surface area contributed by atoms with Gasteiger partial charge in [0.2, 0.25) is 0 Å². The van der Waals surface area contributed by atoms with Crippen LogP contribution in [0.5, 0.6) is 0 Å². The summed E-state index contributed by atoms with van der Waals surface area (Å²) in [6.45, 7) is 4.39. The number of benzene rings is 1. The average Bonchev–Trinajstić information content (AvgIpc) is 2.27. The maximum atomic E-state index is 6.16. The Labute approximate surface area is 114 Å². The number of nitrogens with zero attached hydrogens (tertiary/aromatic N) is 1. The molecule has 94 valence electrons. The Morgan fingerprint density at radius 1 is 1.53 bits per heavy atom. The molecule has 0 bridgehead atoms. The van der Waals surface area contributed by atoms with Crippen LogP contribution in [0.4, 0.5) is 5.69 Å². The Balaban J connectivity index is 2.93. The lowest BCUT2D eigenvalue weighted by atomic mass is 10.1. The van der Waals surface area contributed by atoms with E-state index in [1.807, 2.05) is 18.2 Å². The molecule has 1 aromatic rings. The van der Waals surface area contributed by atoms with Gasteiger partial charge < -0.3 is 10.6 Å². The van der Waals surface area contributed by atoms with E-state index in [1.165, 1.54) is 6.42 Å². The first kappa shape index (κ1) is 14.3. The lowest BCUT2D eigenvalue weighted by Gasteiger charge is -2.27. The lowest BCUT2D eigenvalue weighted by molar-refractivity contribution is 0.616. The highest BCUT2D eigenvalue weighted by molar-refractivity contribution is 7.80. The molecular weight excluding hydrogens is 252 g/mol. The van der Waals surface area contributed by atoms with Crippen molar-refractivity contribution in [2.75, 3.05) is 11.9 Å². The summed E-state index contributed by atoms with van der Waals surface area (Å²) in [6, 6.07) is 6.30. The minimum Gasteiger partial charge on any atom is -0.389 e. The van der Waals surface area contributed by atoms with Crippen LogP contribution in [-0.2, 0) is 0 Å². The van der Waals surface area contributed by atoms with Crippen molar-refractivity contribution in [3.63, 3.8) is 0 Å². The van der Waals surface area contributed by atoms with Crippen LogP contribution in [0.3, 0.4) is 0 Å². The summed E-state index contributed by atoms with van der Waals surface area (Å²) in [4.78, 5) is 2.56. The van der Waals surface area contributed by atoms with Crippen LogP contribution >= 0.6 is 23.8 Å². The number of nitrogens with two attached hydrogens (primary N) is 1. The predicted octanol–water partition coefficient (Wildman–Crippen LogP) is 3.60. The maximum absolute atomic E-state index is 6.16. The minimum absolute atomic E-state index is 0.339. The maximum Gasteiger partial charge on any atom is 0.105 e. The number of anilines is 1. The molecule has 0 saturated carbocycles. The first-order chi connectivity index (χ1) is 7.97. The summed E-state index contributed by atoms with van der Waals surface area (Å²) < 4.78 is 0. The molecule has 0 heterocycles. The summed E-state index contributed by atoms with van der Waals surface area (Å²) in [6.07, 6.45) is 2.33. The third kappa shape index (κ3) is 3.58. The van der Waals surface area contributed by atoms with Crippen molar-refractivity contribution in [2.45, 2.75) is 32.7 Å². The van der Waals surface area contributed by atoms with Gasteiger partial charge in [-0.25, -0.2) is 0 Å². The third-order valence-electron chi connectivity index (χ3n) is 2.99. The first-order valence-corrected chi connectivity index (χ1v) is 6.58. The highest BCUT2D eigenvalue weighted by Crippen LogP contribution is 2.25. The zero-order valence-corrected chi connectivity index (χ0v) is 12.1. The normalized spacial score (nSPS) is 12.2. The Morgan fingerprint density at radius 3 is 2.65 bits per heavy atom. The van der Waals surface area contributed by atoms with Gasteiger partial charge in [-0.2, -0.15) is 0 Å². The molecule has 17 heavy (non-hydrogen) atoms. The highest BCUT2D eigenvalue weighted by atomic mass is 35.5. The van der Waals surface area contributed by atoms with E-state index in [1.54, 1.807) is 0 Å². The van der Waals surface area contributed by atoms with E-state index in [9.17, 15) is 0 Å². The Hall–Kier alpha value is -0.800. The lowest BCUT2D eigenvalue weighted by Crippen LogP contribution is -2.28. The summed E-state index contributed by atoms with van der Waals surface area (Å²) in [5.41, 5.74) is 7.41. The SMILES string of the molecule is CCCC(C)N(C)c1ccc(C(N)=S)c(Cl)c1. The smallest absolute Gasteiger partial charge is 0.105 e. The molecule has 0 radical (unpaired) electrons. The molecule has 0 saturated heterocycles.